The highest BCUT2D eigenvalue weighted by Gasteiger charge is 2.40. The molecule has 5 nitrogen and oxygen atoms in total. The molecule has 0 aliphatic carbocycles. The lowest BCUT2D eigenvalue weighted by molar-refractivity contribution is -0.120. The monoisotopic (exact) mass is 505 g/mol. The standard InChI is InChI=1S/C28H27NO4S2/c1-28(2,18-19-32-3)33-21-16-14-20(15-17-21)29-26(30)24(34-22-10-6-4-7-11-22)25(27(29)31)35-23-12-8-5-9-13-23/h4-17H,18-19H2,1-3H3. The summed E-state index contributed by atoms with van der Waals surface area (Å²) < 4.78 is 11.2. The molecule has 0 bridgehead atoms. The first-order valence-corrected chi connectivity index (χ1v) is 12.9. The van der Waals surface area contributed by atoms with Crippen LogP contribution in [-0.4, -0.2) is 31.1 Å². The second-order valence-corrected chi connectivity index (χ2v) is 10.7. The average molecular weight is 506 g/mol. The Bertz CT molecular complexity index is 1150. The summed E-state index contributed by atoms with van der Waals surface area (Å²) in [5.74, 6) is 0.0208. The van der Waals surface area contributed by atoms with Crippen molar-refractivity contribution in [2.24, 2.45) is 0 Å². The molecule has 7 heteroatoms. The predicted molar refractivity (Wildman–Crippen MR) is 142 cm³/mol. The first-order valence-electron chi connectivity index (χ1n) is 11.2. The van der Waals surface area contributed by atoms with Gasteiger partial charge < -0.3 is 9.47 Å². The highest BCUT2D eigenvalue weighted by atomic mass is 32.2. The van der Waals surface area contributed by atoms with Gasteiger partial charge in [0.1, 0.15) is 11.4 Å². The van der Waals surface area contributed by atoms with Gasteiger partial charge in [-0.25, -0.2) is 4.90 Å². The molecule has 0 fully saturated rings. The molecule has 3 aromatic rings. The number of carbonyl (C=O) groups excluding carboxylic acids is 2. The summed E-state index contributed by atoms with van der Waals surface area (Å²) in [5.41, 5.74) is 0.106. The molecule has 0 saturated carbocycles. The van der Waals surface area contributed by atoms with Crippen molar-refractivity contribution in [2.75, 3.05) is 18.6 Å². The van der Waals surface area contributed by atoms with Gasteiger partial charge in [-0.3, -0.25) is 9.59 Å². The second kappa shape index (κ2) is 11.2. The van der Waals surface area contributed by atoms with Crippen LogP contribution in [-0.2, 0) is 14.3 Å². The van der Waals surface area contributed by atoms with E-state index in [0.29, 0.717) is 27.9 Å². The van der Waals surface area contributed by atoms with Crippen LogP contribution in [0.3, 0.4) is 0 Å². The highest BCUT2D eigenvalue weighted by Crippen LogP contribution is 2.44. The van der Waals surface area contributed by atoms with Crippen molar-refractivity contribution >= 4 is 41.0 Å². The molecule has 0 aromatic heterocycles. The smallest absolute Gasteiger partial charge is 0.273 e. The Morgan fingerprint density at radius 2 is 1.23 bits per heavy atom. The van der Waals surface area contributed by atoms with Crippen LogP contribution < -0.4 is 9.64 Å². The van der Waals surface area contributed by atoms with Crippen molar-refractivity contribution in [2.45, 2.75) is 35.7 Å². The first kappa shape index (κ1) is 25.1. The Hall–Kier alpha value is -3.00. The van der Waals surface area contributed by atoms with Crippen LogP contribution in [0.4, 0.5) is 5.69 Å². The summed E-state index contributed by atoms with van der Waals surface area (Å²) in [6.45, 7) is 4.59. The number of benzene rings is 3. The molecule has 0 saturated heterocycles. The van der Waals surface area contributed by atoms with E-state index in [1.807, 2.05) is 74.5 Å². The Kier molecular flexibility index (Phi) is 8.00. The molecule has 2 amide bonds. The van der Waals surface area contributed by atoms with E-state index in [0.717, 1.165) is 16.2 Å². The van der Waals surface area contributed by atoms with Gasteiger partial charge in [0.25, 0.3) is 11.8 Å². The molecule has 0 atom stereocenters. The Labute approximate surface area is 214 Å². The van der Waals surface area contributed by atoms with E-state index in [4.69, 9.17) is 9.47 Å². The molecule has 35 heavy (non-hydrogen) atoms. The van der Waals surface area contributed by atoms with Crippen molar-refractivity contribution in [1.82, 2.24) is 0 Å². The maximum Gasteiger partial charge on any atom is 0.273 e. The number of anilines is 1. The van der Waals surface area contributed by atoms with Gasteiger partial charge in [0, 0.05) is 29.9 Å². The van der Waals surface area contributed by atoms with Gasteiger partial charge in [-0.2, -0.15) is 0 Å². The first-order chi connectivity index (χ1) is 16.9. The number of hydrogen-bond acceptors (Lipinski definition) is 6. The van der Waals surface area contributed by atoms with Crippen LogP contribution in [0.15, 0.2) is 105 Å². The molecule has 1 heterocycles. The van der Waals surface area contributed by atoms with Crippen molar-refractivity contribution in [3.63, 3.8) is 0 Å². The summed E-state index contributed by atoms with van der Waals surface area (Å²) in [6, 6.07) is 26.3. The molecule has 1 aliphatic rings. The lowest BCUT2D eigenvalue weighted by atomic mass is 10.1. The number of amides is 2. The lowest BCUT2D eigenvalue weighted by Crippen LogP contribution is -2.31. The Morgan fingerprint density at radius 1 is 0.743 bits per heavy atom. The summed E-state index contributed by atoms with van der Waals surface area (Å²) >= 11 is 2.64. The highest BCUT2D eigenvalue weighted by molar-refractivity contribution is 8.08. The minimum Gasteiger partial charge on any atom is -0.488 e. The van der Waals surface area contributed by atoms with Gasteiger partial charge in [0.05, 0.1) is 15.5 Å². The molecule has 1 aliphatic heterocycles. The second-order valence-electron chi connectivity index (χ2n) is 8.53. The fourth-order valence-corrected chi connectivity index (χ4v) is 5.52. The summed E-state index contributed by atoms with van der Waals surface area (Å²) in [5, 5.41) is 0. The Morgan fingerprint density at radius 3 is 1.69 bits per heavy atom. The number of carbonyl (C=O) groups is 2. The van der Waals surface area contributed by atoms with Crippen molar-refractivity contribution in [3.8, 4) is 5.75 Å². The third kappa shape index (κ3) is 6.17. The third-order valence-corrected chi connectivity index (χ3v) is 7.64. The van der Waals surface area contributed by atoms with Gasteiger partial charge in [-0.05, 0) is 62.4 Å². The van der Waals surface area contributed by atoms with Crippen LogP contribution in [0, 0.1) is 0 Å². The molecule has 0 radical (unpaired) electrons. The fourth-order valence-electron chi connectivity index (χ4n) is 3.50. The molecule has 3 aromatic carbocycles. The van der Waals surface area contributed by atoms with E-state index < -0.39 is 5.60 Å². The van der Waals surface area contributed by atoms with Gasteiger partial charge >= 0.3 is 0 Å². The van der Waals surface area contributed by atoms with Crippen LogP contribution in [0.1, 0.15) is 20.3 Å². The van der Waals surface area contributed by atoms with Crippen molar-refractivity contribution in [1.29, 1.82) is 0 Å². The van der Waals surface area contributed by atoms with Crippen molar-refractivity contribution < 1.29 is 19.1 Å². The molecule has 0 unspecified atom stereocenters. The van der Waals surface area contributed by atoms with Gasteiger partial charge in [0.15, 0.2) is 0 Å². The molecule has 0 spiro atoms. The fraction of sp³-hybridized carbons (Fsp3) is 0.214. The van der Waals surface area contributed by atoms with E-state index >= 15 is 0 Å². The minimum atomic E-state index is -0.405. The van der Waals surface area contributed by atoms with Gasteiger partial charge in [-0.15, -0.1) is 0 Å². The number of nitrogens with zero attached hydrogens (tertiary/aromatic N) is 1. The SMILES string of the molecule is COCCC(C)(C)Oc1ccc(N2C(=O)C(Sc3ccccc3)=C(Sc3ccccc3)C2=O)cc1. The zero-order valence-electron chi connectivity index (χ0n) is 19.9. The average Bonchev–Trinajstić information content (AvgIpc) is 3.08. The van der Waals surface area contributed by atoms with Crippen LogP contribution in [0.2, 0.25) is 0 Å². The third-order valence-electron chi connectivity index (χ3n) is 5.32. The largest absolute Gasteiger partial charge is 0.488 e. The van der Waals surface area contributed by atoms with Crippen LogP contribution >= 0.6 is 23.5 Å². The zero-order valence-corrected chi connectivity index (χ0v) is 21.5. The van der Waals surface area contributed by atoms with E-state index in [9.17, 15) is 9.59 Å². The molecule has 4 rings (SSSR count). The number of imide groups is 1. The normalized spacial score (nSPS) is 14.1. The molecule has 180 valence electrons. The minimum absolute atomic E-state index is 0.323. The molecular weight excluding hydrogens is 478 g/mol. The molecule has 0 N–H and O–H groups in total. The predicted octanol–water partition coefficient (Wildman–Crippen LogP) is 6.55. The summed E-state index contributed by atoms with van der Waals surface area (Å²) in [4.78, 5) is 30.9. The van der Waals surface area contributed by atoms with E-state index in [1.165, 1.54) is 28.4 Å². The topological polar surface area (TPSA) is 55.8 Å². The van der Waals surface area contributed by atoms with E-state index in [-0.39, 0.29) is 11.8 Å². The van der Waals surface area contributed by atoms with E-state index in [2.05, 4.69) is 0 Å². The number of ether oxygens (including phenoxy) is 2. The van der Waals surface area contributed by atoms with Gasteiger partial charge in [0.2, 0.25) is 0 Å². The van der Waals surface area contributed by atoms with Crippen LogP contribution in [0.25, 0.3) is 0 Å². The maximum absolute atomic E-state index is 13.5. The Balaban J connectivity index is 1.60. The number of hydrogen-bond donors (Lipinski definition) is 0. The van der Waals surface area contributed by atoms with Crippen molar-refractivity contribution in [3.05, 3.63) is 94.7 Å². The summed E-state index contributed by atoms with van der Waals surface area (Å²) in [6.07, 6.45) is 0.735. The van der Waals surface area contributed by atoms with Gasteiger partial charge in [-0.1, -0.05) is 59.9 Å². The lowest BCUT2D eigenvalue weighted by Gasteiger charge is -2.26. The summed E-state index contributed by atoms with van der Waals surface area (Å²) in [7, 11) is 1.66. The number of thioether (sulfide) groups is 2. The number of rotatable bonds is 10. The number of methoxy groups -OCH3 is 1. The maximum atomic E-state index is 13.5. The van der Waals surface area contributed by atoms with Crippen LogP contribution in [0.5, 0.6) is 5.75 Å². The zero-order chi connectivity index (χ0) is 24.8. The van der Waals surface area contributed by atoms with E-state index in [1.54, 1.807) is 31.4 Å². The molecular formula is C28H27NO4S2. The quantitative estimate of drug-likeness (QED) is 0.291.